The predicted molar refractivity (Wildman–Crippen MR) is 90.0 cm³/mol. The molecule has 118 valence electrons. The molecule has 1 unspecified atom stereocenters. The largest absolute Gasteiger partial charge is 0.508 e. The summed E-state index contributed by atoms with van der Waals surface area (Å²) in [5.74, 6) is 0.453. The van der Waals surface area contributed by atoms with Crippen LogP contribution in [-0.4, -0.2) is 12.2 Å². The van der Waals surface area contributed by atoms with Gasteiger partial charge < -0.3 is 14.3 Å². The van der Waals surface area contributed by atoms with Gasteiger partial charge in [-0.2, -0.15) is 0 Å². The quantitative estimate of drug-likeness (QED) is 0.766. The van der Waals surface area contributed by atoms with E-state index in [2.05, 4.69) is 0 Å². The summed E-state index contributed by atoms with van der Waals surface area (Å²) in [4.78, 5) is 12.9. The highest BCUT2D eigenvalue weighted by molar-refractivity contribution is 6.30. The summed E-state index contributed by atoms with van der Waals surface area (Å²) >= 11 is 5.93. The molecule has 3 rings (SSSR count). The van der Waals surface area contributed by atoms with Gasteiger partial charge in [0.25, 0.3) is 0 Å². The second kappa shape index (κ2) is 6.07. The Morgan fingerprint density at radius 3 is 2.52 bits per heavy atom. The van der Waals surface area contributed by atoms with Gasteiger partial charge in [0.15, 0.2) is 0 Å². The minimum Gasteiger partial charge on any atom is -0.508 e. The highest BCUT2D eigenvalue weighted by Gasteiger charge is 2.21. The number of fused-ring (bicyclic) bond motifs is 1. The van der Waals surface area contributed by atoms with Crippen LogP contribution in [0.4, 0.5) is 0 Å². The molecule has 0 fully saturated rings. The van der Waals surface area contributed by atoms with Gasteiger partial charge in [-0.15, -0.1) is 0 Å². The van der Waals surface area contributed by atoms with Gasteiger partial charge in [-0.1, -0.05) is 23.7 Å². The average molecular weight is 331 g/mol. The number of methoxy groups -OCH3 is 1. The van der Waals surface area contributed by atoms with E-state index < -0.39 is 6.10 Å². The van der Waals surface area contributed by atoms with E-state index in [9.17, 15) is 9.90 Å². The summed E-state index contributed by atoms with van der Waals surface area (Å²) in [7, 11) is 1.54. The van der Waals surface area contributed by atoms with Crippen molar-refractivity contribution in [3.8, 4) is 16.9 Å². The Hall–Kier alpha value is -2.30. The molecule has 0 radical (unpaired) electrons. The summed E-state index contributed by atoms with van der Waals surface area (Å²) in [6.45, 7) is 1.80. The Labute approximate surface area is 137 Å². The molecule has 1 atom stereocenters. The van der Waals surface area contributed by atoms with Crippen molar-refractivity contribution in [3.05, 3.63) is 63.5 Å². The van der Waals surface area contributed by atoms with E-state index in [-0.39, 0.29) is 11.2 Å². The first kappa shape index (κ1) is 15.6. The number of aromatic hydroxyl groups is 1. The van der Waals surface area contributed by atoms with Gasteiger partial charge in [-0.05, 0) is 36.8 Å². The summed E-state index contributed by atoms with van der Waals surface area (Å²) in [6, 6.07) is 11.4. The van der Waals surface area contributed by atoms with Gasteiger partial charge in [0.1, 0.15) is 23.2 Å². The van der Waals surface area contributed by atoms with Gasteiger partial charge in [-0.3, -0.25) is 4.79 Å². The third kappa shape index (κ3) is 2.83. The van der Waals surface area contributed by atoms with Crippen LogP contribution in [0.5, 0.6) is 5.75 Å². The molecule has 0 aliphatic carbocycles. The topological polar surface area (TPSA) is 59.7 Å². The zero-order valence-corrected chi connectivity index (χ0v) is 13.4. The van der Waals surface area contributed by atoms with Gasteiger partial charge in [0, 0.05) is 18.2 Å². The van der Waals surface area contributed by atoms with Gasteiger partial charge in [-0.25, -0.2) is 0 Å². The fourth-order valence-corrected chi connectivity index (χ4v) is 2.61. The van der Waals surface area contributed by atoms with Gasteiger partial charge in [0.05, 0.1) is 10.9 Å². The number of halogens is 1. The van der Waals surface area contributed by atoms with Crippen molar-refractivity contribution in [2.24, 2.45) is 0 Å². The third-order valence-electron chi connectivity index (χ3n) is 3.76. The number of benzene rings is 2. The van der Waals surface area contributed by atoms with Crippen LogP contribution in [0.25, 0.3) is 22.1 Å². The van der Waals surface area contributed by atoms with Crippen LogP contribution in [0.2, 0.25) is 5.02 Å². The van der Waals surface area contributed by atoms with Crippen LogP contribution < -0.4 is 5.43 Å². The lowest BCUT2D eigenvalue weighted by Gasteiger charge is -2.15. The minimum atomic E-state index is -0.417. The van der Waals surface area contributed by atoms with Crippen molar-refractivity contribution >= 4 is 22.6 Å². The minimum absolute atomic E-state index is 0.0379. The average Bonchev–Trinajstić information content (AvgIpc) is 2.54. The number of phenolic OH excluding ortho intramolecular Hbond substituents is 1. The van der Waals surface area contributed by atoms with E-state index in [0.29, 0.717) is 32.9 Å². The molecule has 0 spiro atoms. The number of phenols is 1. The maximum absolute atomic E-state index is 12.9. The molecule has 0 saturated carbocycles. The maximum atomic E-state index is 12.9. The molecule has 0 aliphatic rings. The van der Waals surface area contributed by atoms with E-state index in [0.717, 1.165) is 0 Å². The summed E-state index contributed by atoms with van der Waals surface area (Å²) in [5.41, 5.74) is 1.30. The van der Waals surface area contributed by atoms with E-state index >= 15 is 0 Å². The second-order valence-electron chi connectivity index (χ2n) is 5.24. The third-order valence-corrected chi connectivity index (χ3v) is 4.01. The molecule has 0 saturated heterocycles. The lowest BCUT2D eigenvalue weighted by Crippen LogP contribution is -2.11. The Morgan fingerprint density at radius 1 is 1.17 bits per heavy atom. The van der Waals surface area contributed by atoms with Crippen molar-refractivity contribution in [2.45, 2.75) is 13.0 Å². The van der Waals surface area contributed by atoms with E-state index in [1.54, 1.807) is 44.4 Å². The highest BCUT2D eigenvalue weighted by atomic mass is 35.5. The van der Waals surface area contributed by atoms with Crippen LogP contribution in [0.15, 0.2) is 51.7 Å². The normalized spacial score (nSPS) is 12.5. The lowest BCUT2D eigenvalue weighted by molar-refractivity contribution is 0.101. The lowest BCUT2D eigenvalue weighted by atomic mass is 10.00. The highest BCUT2D eigenvalue weighted by Crippen LogP contribution is 2.31. The molecule has 0 amide bonds. The molecule has 5 heteroatoms. The zero-order valence-electron chi connectivity index (χ0n) is 12.7. The van der Waals surface area contributed by atoms with Crippen molar-refractivity contribution in [1.82, 2.24) is 0 Å². The molecule has 0 aliphatic heterocycles. The van der Waals surface area contributed by atoms with Gasteiger partial charge >= 0.3 is 0 Å². The Bertz CT molecular complexity index is 913. The SMILES string of the molecule is COC(C)c1oc2cc(O)ccc2c(=O)c1-c1ccc(Cl)cc1. The maximum Gasteiger partial charge on any atom is 0.200 e. The first-order chi connectivity index (χ1) is 11.0. The molecule has 0 bridgehead atoms. The first-order valence-corrected chi connectivity index (χ1v) is 7.47. The Balaban J connectivity index is 2.38. The molecular weight excluding hydrogens is 316 g/mol. The molecule has 3 aromatic rings. The summed E-state index contributed by atoms with van der Waals surface area (Å²) in [5, 5.41) is 10.6. The zero-order chi connectivity index (χ0) is 16.6. The van der Waals surface area contributed by atoms with E-state index in [1.165, 1.54) is 12.1 Å². The molecular formula is C18H15ClO4. The predicted octanol–water partition coefficient (Wildman–Crippen LogP) is 4.53. The molecule has 1 heterocycles. The second-order valence-corrected chi connectivity index (χ2v) is 5.67. The summed E-state index contributed by atoms with van der Waals surface area (Å²) in [6.07, 6.45) is -0.417. The van der Waals surface area contributed by atoms with Crippen LogP contribution in [0.3, 0.4) is 0 Å². The molecule has 4 nitrogen and oxygen atoms in total. The Kier molecular flexibility index (Phi) is 4.11. The number of hydrogen-bond acceptors (Lipinski definition) is 4. The van der Waals surface area contributed by atoms with Crippen LogP contribution in [0.1, 0.15) is 18.8 Å². The molecule has 2 aromatic carbocycles. The fraction of sp³-hybridized carbons (Fsp3) is 0.167. The van der Waals surface area contributed by atoms with Crippen molar-refractivity contribution in [3.63, 3.8) is 0 Å². The van der Waals surface area contributed by atoms with Crippen LogP contribution in [-0.2, 0) is 4.74 Å². The van der Waals surface area contributed by atoms with E-state index in [1.807, 2.05) is 0 Å². The van der Waals surface area contributed by atoms with Crippen LogP contribution in [0, 0.1) is 0 Å². The number of hydrogen-bond donors (Lipinski definition) is 1. The monoisotopic (exact) mass is 330 g/mol. The van der Waals surface area contributed by atoms with Crippen molar-refractivity contribution < 1.29 is 14.3 Å². The van der Waals surface area contributed by atoms with Crippen molar-refractivity contribution in [2.75, 3.05) is 7.11 Å². The standard InChI is InChI=1S/C18H15ClO4/c1-10(22-2)18-16(11-3-5-12(19)6-4-11)17(21)14-8-7-13(20)9-15(14)23-18/h3-10,20H,1-2H3. The molecule has 1 N–H and O–H groups in total. The molecule has 23 heavy (non-hydrogen) atoms. The summed E-state index contributed by atoms with van der Waals surface area (Å²) < 4.78 is 11.2. The van der Waals surface area contributed by atoms with Gasteiger partial charge in [0.2, 0.25) is 5.43 Å². The first-order valence-electron chi connectivity index (χ1n) is 7.09. The molecule has 1 aromatic heterocycles. The van der Waals surface area contributed by atoms with Crippen LogP contribution >= 0.6 is 11.6 Å². The Morgan fingerprint density at radius 2 is 1.87 bits per heavy atom. The number of ether oxygens (including phenoxy) is 1. The van der Waals surface area contributed by atoms with Crippen molar-refractivity contribution in [1.29, 1.82) is 0 Å². The fourth-order valence-electron chi connectivity index (χ4n) is 2.48. The van der Waals surface area contributed by atoms with E-state index in [4.69, 9.17) is 20.8 Å². The smallest absolute Gasteiger partial charge is 0.200 e. The number of rotatable bonds is 3.